The Kier molecular flexibility index (Phi) is 6.49. The highest BCUT2D eigenvalue weighted by molar-refractivity contribution is 7.88. The van der Waals surface area contributed by atoms with Gasteiger partial charge in [-0.2, -0.15) is 21.3 Å². The van der Waals surface area contributed by atoms with Crippen LogP contribution in [0.4, 0.5) is 0 Å². The van der Waals surface area contributed by atoms with Crippen molar-refractivity contribution < 1.29 is 21.6 Å². The number of pyridine rings is 1. The first-order valence-corrected chi connectivity index (χ1v) is 12.2. The molecule has 2 aliphatic heterocycles. The molecule has 0 aromatic carbocycles. The summed E-state index contributed by atoms with van der Waals surface area (Å²) >= 11 is 0. The quantitative estimate of drug-likeness (QED) is 0.639. The minimum atomic E-state index is -3.62. The van der Waals surface area contributed by atoms with Crippen LogP contribution in [0, 0.1) is 0 Å². The van der Waals surface area contributed by atoms with Gasteiger partial charge in [-0.25, -0.2) is 8.42 Å². The van der Waals surface area contributed by atoms with Gasteiger partial charge < -0.3 is 4.74 Å². The van der Waals surface area contributed by atoms with Gasteiger partial charge in [0.1, 0.15) is 0 Å². The maximum absolute atomic E-state index is 12.9. The molecule has 2 aliphatic rings. The summed E-state index contributed by atoms with van der Waals surface area (Å²) in [5, 5.41) is 0. The van der Waals surface area contributed by atoms with E-state index in [4.69, 9.17) is 4.74 Å². The molecule has 0 bridgehead atoms. The van der Waals surface area contributed by atoms with Crippen LogP contribution in [0.3, 0.4) is 0 Å². The standard InChI is InChI=1S/C16H26N4O5S2/c1-26(21,22)20(13-15-4-2-6-17-12-15)16-5-3-7-19(14-16)27(23,24)18-8-10-25-11-9-18/h2,4,6,12,16H,3,5,7-11,13-14H2,1H3. The molecule has 9 nitrogen and oxygen atoms in total. The summed E-state index contributed by atoms with van der Waals surface area (Å²) in [4.78, 5) is 4.03. The SMILES string of the molecule is CS(=O)(=O)N(Cc1cccnc1)C1CCCN(S(=O)(=O)N2CCOCC2)C1. The summed E-state index contributed by atoms with van der Waals surface area (Å²) < 4.78 is 60.1. The zero-order valence-electron chi connectivity index (χ0n) is 15.4. The van der Waals surface area contributed by atoms with E-state index < -0.39 is 26.3 Å². The van der Waals surface area contributed by atoms with Crippen molar-refractivity contribution in [3.05, 3.63) is 30.1 Å². The molecule has 1 atom stereocenters. The van der Waals surface area contributed by atoms with E-state index >= 15 is 0 Å². The third-order valence-corrected chi connectivity index (χ3v) is 8.16. The number of nitrogens with zero attached hydrogens (tertiary/aromatic N) is 4. The smallest absolute Gasteiger partial charge is 0.282 e. The third-order valence-electron chi connectivity index (χ3n) is 4.88. The van der Waals surface area contributed by atoms with E-state index in [0.29, 0.717) is 45.7 Å². The fourth-order valence-electron chi connectivity index (χ4n) is 3.49. The van der Waals surface area contributed by atoms with Crippen LogP contribution in [-0.2, 0) is 31.5 Å². The number of hydrogen-bond acceptors (Lipinski definition) is 6. The van der Waals surface area contributed by atoms with Crippen molar-refractivity contribution in [1.29, 1.82) is 0 Å². The van der Waals surface area contributed by atoms with Gasteiger partial charge in [-0.3, -0.25) is 4.98 Å². The Morgan fingerprint density at radius 3 is 2.56 bits per heavy atom. The Morgan fingerprint density at radius 1 is 1.19 bits per heavy atom. The lowest BCUT2D eigenvalue weighted by Crippen LogP contribution is -2.55. The van der Waals surface area contributed by atoms with E-state index in [9.17, 15) is 16.8 Å². The van der Waals surface area contributed by atoms with Crippen molar-refractivity contribution in [2.24, 2.45) is 0 Å². The molecule has 1 aromatic heterocycles. The van der Waals surface area contributed by atoms with Crippen LogP contribution in [0.25, 0.3) is 0 Å². The van der Waals surface area contributed by atoms with Crippen molar-refractivity contribution in [3.63, 3.8) is 0 Å². The highest BCUT2D eigenvalue weighted by Crippen LogP contribution is 2.24. The second kappa shape index (κ2) is 8.50. The molecule has 0 aliphatic carbocycles. The lowest BCUT2D eigenvalue weighted by Gasteiger charge is -2.39. The molecule has 3 heterocycles. The van der Waals surface area contributed by atoms with Crippen LogP contribution >= 0.6 is 0 Å². The molecule has 27 heavy (non-hydrogen) atoms. The molecule has 0 N–H and O–H groups in total. The maximum atomic E-state index is 12.9. The molecule has 11 heteroatoms. The molecular weight excluding hydrogens is 392 g/mol. The number of piperidine rings is 1. The highest BCUT2D eigenvalue weighted by Gasteiger charge is 2.38. The fraction of sp³-hybridized carbons (Fsp3) is 0.688. The Hall–Kier alpha value is -1.11. The molecule has 3 rings (SSSR count). The summed E-state index contributed by atoms with van der Waals surface area (Å²) in [6.45, 7) is 2.17. The number of morpholine rings is 1. The first kappa shape index (κ1) is 20.6. The molecule has 152 valence electrons. The van der Waals surface area contributed by atoms with E-state index in [2.05, 4.69) is 4.98 Å². The Balaban J connectivity index is 1.78. The minimum Gasteiger partial charge on any atom is -0.379 e. The number of sulfonamides is 1. The first-order valence-electron chi connectivity index (χ1n) is 8.97. The fourth-order valence-corrected chi connectivity index (χ4v) is 6.25. The minimum absolute atomic E-state index is 0.160. The summed E-state index contributed by atoms with van der Waals surface area (Å²) in [6.07, 6.45) is 5.67. The maximum Gasteiger partial charge on any atom is 0.282 e. The van der Waals surface area contributed by atoms with Gasteiger partial charge in [0.05, 0.1) is 19.5 Å². The Bertz CT molecular complexity index is 826. The number of ether oxygens (including phenoxy) is 1. The van der Waals surface area contributed by atoms with Gasteiger partial charge >= 0.3 is 0 Å². The van der Waals surface area contributed by atoms with Gasteiger partial charge in [0.2, 0.25) is 10.0 Å². The van der Waals surface area contributed by atoms with Crippen LogP contribution in [0.2, 0.25) is 0 Å². The molecule has 0 saturated carbocycles. The average Bonchev–Trinajstić information content (AvgIpc) is 2.67. The molecule has 2 fully saturated rings. The zero-order valence-corrected chi connectivity index (χ0v) is 17.0. The van der Waals surface area contributed by atoms with Crippen molar-refractivity contribution in [3.8, 4) is 0 Å². The van der Waals surface area contributed by atoms with E-state index in [1.165, 1.54) is 19.2 Å². The van der Waals surface area contributed by atoms with Gasteiger partial charge in [0.25, 0.3) is 10.2 Å². The number of aromatic nitrogens is 1. The van der Waals surface area contributed by atoms with Crippen LogP contribution in [0.15, 0.2) is 24.5 Å². The Morgan fingerprint density at radius 2 is 1.93 bits per heavy atom. The number of hydrogen-bond donors (Lipinski definition) is 0. The van der Waals surface area contributed by atoms with Gasteiger partial charge in [-0.05, 0) is 24.5 Å². The van der Waals surface area contributed by atoms with E-state index in [0.717, 1.165) is 5.56 Å². The molecule has 0 radical (unpaired) electrons. The summed E-state index contributed by atoms with van der Waals surface area (Å²) in [5.41, 5.74) is 0.774. The van der Waals surface area contributed by atoms with Crippen LogP contribution < -0.4 is 0 Å². The average molecular weight is 419 g/mol. The molecule has 1 unspecified atom stereocenters. The third kappa shape index (κ3) is 5.04. The van der Waals surface area contributed by atoms with E-state index in [-0.39, 0.29) is 13.1 Å². The van der Waals surface area contributed by atoms with Crippen LogP contribution in [0.5, 0.6) is 0 Å². The van der Waals surface area contributed by atoms with Crippen LogP contribution in [-0.4, -0.2) is 86.4 Å². The second-order valence-electron chi connectivity index (χ2n) is 6.84. The predicted octanol–water partition coefficient (Wildman–Crippen LogP) is -0.115. The van der Waals surface area contributed by atoms with Gasteiger partial charge in [-0.1, -0.05) is 6.07 Å². The molecule has 1 aromatic rings. The summed E-state index contributed by atoms with van der Waals surface area (Å²) in [7, 11) is -7.12. The predicted molar refractivity (Wildman–Crippen MR) is 101 cm³/mol. The topological polar surface area (TPSA) is 100 Å². The van der Waals surface area contributed by atoms with Gasteiger partial charge in [0.15, 0.2) is 0 Å². The highest BCUT2D eigenvalue weighted by atomic mass is 32.2. The molecular formula is C16H26N4O5S2. The van der Waals surface area contributed by atoms with E-state index in [1.807, 2.05) is 6.07 Å². The monoisotopic (exact) mass is 418 g/mol. The second-order valence-corrected chi connectivity index (χ2v) is 10.7. The van der Waals surface area contributed by atoms with Crippen molar-refractivity contribution in [1.82, 2.24) is 17.9 Å². The molecule has 0 spiro atoms. The normalized spacial score (nSPS) is 23.6. The summed E-state index contributed by atoms with van der Waals surface area (Å²) in [6, 6.07) is 3.17. The lowest BCUT2D eigenvalue weighted by molar-refractivity contribution is 0.0688. The summed E-state index contributed by atoms with van der Waals surface area (Å²) in [5.74, 6) is 0. The van der Waals surface area contributed by atoms with Gasteiger partial charge in [0, 0.05) is 51.2 Å². The van der Waals surface area contributed by atoms with Crippen LogP contribution in [0.1, 0.15) is 18.4 Å². The first-order chi connectivity index (χ1) is 12.8. The number of rotatable bonds is 6. The zero-order chi connectivity index (χ0) is 19.5. The van der Waals surface area contributed by atoms with Gasteiger partial charge in [-0.15, -0.1) is 0 Å². The van der Waals surface area contributed by atoms with Crippen molar-refractivity contribution in [2.45, 2.75) is 25.4 Å². The van der Waals surface area contributed by atoms with Crippen molar-refractivity contribution in [2.75, 3.05) is 45.6 Å². The van der Waals surface area contributed by atoms with E-state index in [1.54, 1.807) is 18.5 Å². The van der Waals surface area contributed by atoms with Crippen molar-refractivity contribution >= 4 is 20.2 Å². The molecule has 0 amide bonds. The largest absolute Gasteiger partial charge is 0.379 e. The molecule has 2 saturated heterocycles. The Labute approximate surface area is 161 Å². The lowest BCUT2D eigenvalue weighted by atomic mass is 10.1.